The Morgan fingerprint density at radius 2 is 1.47 bits per heavy atom. The van der Waals surface area contributed by atoms with Gasteiger partial charge in [0.15, 0.2) is 34.2 Å². The molecule has 0 unspecified atom stereocenters. The average molecular weight is 723 g/mol. The number of nitro benzene ring substituents is 1. The van der Waals surface area contributed by atoms with Crippen LogP contribution in [0.2, 0.25) is 0 Å². The molecular formula is C37H28F2N6O8. The fourth-order valence-electron chi connectivity index (χ4n) is 6.93. The van der Waals surface area contributed by atoms with E-state index in [1.807, 2.05) is 10.6 Å². The summed E-state index contributed by atoms with van der Waals surface area (Å²) in [5.74, 6) is -1.65. The molecule has 4 aromatic carbocycles. The third-order valence-electron chi connectivity index (χ3n) is 9.52. The molecule has 1 fully saturated rings. The lowest BCUT2D eigenvalue weighted by molar-refractivity contribution is -0.384. The van der Waals surface area contributed by atoms with Gasteiger partial charge in [-0.3, -0.25) is 19.7 Å². The van der Waals surface area contributed by atoms with Crippen LogP contribution in [0.3, 0.4) is 0 Å². The SMILES string of the molecule is Cc1c(F)cc2c(=O)c(C)cn3c2c1Oc1cc(N)ccc1-3.O=C(O)c1cn2c3c(c(N4CCNCC4)c(F)cc3c1=O)Oc1cc([N+](=O)[O-])ccc1-2. The van der Waals surface area contributed by atoms with Crippen LogP contribution in [0.5, 0.6) is 23.0 Å². The summed E-state index contributed by atoms with van der Waals surface area (Å²) in [7, 11) is 0. The normalized spacial score (nSPS) is 13.7. The number of hydrogen-bond acceptors (Lipinski definition) is 10. The monoisotopic (exact) mass is 722 g/mol. The molecule has 0 atom stereocenters. The predicted octanol–water partition coefficient (Wildman–Crippen LogP) is 5.69. The quantitative estimate of drug-likeness (QED) is 0.116. The zero-order valence-electron chi connectivity index (χ0n) is 28.0. The number of aromatic carboxylic acids is 1. The number of carboxylic acid groups (broad SMARTS) is 1. The van der Waals surface area contributed by atoms with Crippen molar-refractivity contribution in [3.63, 3.8) is 0 Å². The third-order valence-corrected chi connectivity index (χ3v) is 9.52. The van der Waals surface area contributed by atoms with Crippen molar-refractivity contribution in [3.8, 4) is 34.4 Å². The smallest absolute Gasteiger partial charge is 0.341 e. The molecule has 0 radical (unpaired) electrons. The lowest BCUT2D eigenvalue weighted by Gasteiger charge is -2.33. The number of pyridine rings is 2. The van der Waals surface area contributed by atoms with E-state index in [-0.39, 0.29) is 39.2 Å². The molecule has 0 aliphatic carbocycles. The van der Waals surface area contributed by atoms with Gasteiger partial charge in [0.05, 0.1) is 33.1 Å². The number of aromatic nitrogens is 2. The Bertz CT molecular complexity index is 2740. The molecule has 0 spiro atoms. The van der Waals surface area contributed by atoms with E-state index >= 15 is 4.39 Å². The van der Waals surface area contributed by atoms with Crippen LogP contribution in [-0.4, -0.2) is 51.3 Å². The molecule has 5 heterocycles. The second kappa shape index (κ2) is 12.2. The van der Waals surface area contributed by atoms with E-state index in [9.17, 15) is 34.0 Å². The predicted molar refractivity (Wildman–Crippen MR) is 192 cm³/mol. The number of nitrogen functional groups attached to an aromatic ring is 1. The number of anilines is 2. The molecule has 0 saturated carbocycles. The average Bonchev–Trinajstić information content (AvgIpc) is 3.13. The lowest BCUT2D eigenvalue weighted by atomic mass is 10.0. The molecular weight excluding hydrogens is 694 g/mol. The van der Waals surface area contributed by atoms with Crippen LogP contribution in [0, 0.1) is 35.6 Å². The van der Waals surface area contributed by atoms with Crippen molar-refractivity contribution < 1.29 is 33.1 Å². The molecule has 9 rings (SSSR count). The van der Waals surface area contributed by atoms with Crippen molar-refractivity contribution in [2.45, 2.75) is 13.8 Å². The zero-order chi connectivity index (χ0) is 37.5. The minimum absolute atomic E-state index is 0.0268. The van der Waals surface area contributed by atoms with Crippen molar-refractivity contribution in [1.29, 1.82) is 0 Å². The maximum atomic E-state index is 15.3. The fourth-order valence-corrected chi connectivity index (χ4v) is 6.93. The largest absolute Gasteiger partial charge is 0.477 e. The van der Waals surface area contributed by atoms with E-state index in [2.05, 4.69) is 5.32 Å². The molecule has 0 bridgehead atoms. The molecule has 6 aromatic rings. The molecule has 14 nitrogen and oxygen atoms in total. The van der Waals surface area contributed by atoms with Crippen molar-refractivity contribution in [2.24, 2.45) is 0 Å². The number of carboxylic acids is 1. The zero-order valence-corrected chi connectivity index (χ0v) is 28.0. The summed E-state index contributed by atoms with van der Waals surface area (Å²) in [6.45, 7) is 5.55. The van der Waals surface area contributed by atoms with E-state index in [1.54, 1.807) is 37.1 Å². The van der Waals surface area contributed by atoms with Gasteiger partial charge in [-0.05, 0) is 44.2 Å². The van der Waals surface area contributed by atoms with Gasteiger partial charge in [-0.15, -0.1) is 0 Å². The molecule has 0 amide bonds. The van der Waals surface area contributed by atoms with Crippen LogP contribution in [0.25, 0.3) is 33.2 Å². The first-order valence-corrected chi connectivity index (χ1v) is 16.3. The van der Waals surface area contributed by atoms with Gasteiger partial charge in [0.25, 0.3) is 5.69 Å². The van der Waals surface area contributed by atoms with Crippen molar-refractivity contribution in [3.05, 3.63) is 120 Å². The van der Waals surface area contributed by atoms with Crippen molar-refractivity contribution in [1.82, 2.24) is 14.5 Å². The number of ether oxygens (including phenoxy) is 2. The third kappa shape index (κ3) is 5.21. The van der Waals surface area contributed by atoms with Gasteiger partial charge < -0.3 is 39.7 Å². The molecule has 268 valence electrons. The number of carbonyl (C=O) groups is 1. The van der Waals surface area contributed by atoms with Gasteiger partial charge in [-0.1, -0.05) is 0 Å². The molecule has 3 aliphatic heterocycles. The summed E-state index contributed by atoms with van der Waals surface area (Å²) in [5.41, 5.74) is 7.51. The first-order chi connectivity index (χ1) is 25.3. The molecule has 53 heavy (non-hydrogen) atoms. The summed E-state index contributed by atoms with van der Waals surface area (Å²) >= 11 is 0. The van der Waals surface area contributed by atoms with Gasteiger partial charge in [0, 0.05) is 67.5 Å². The van der Waals surface area contributed by atoms with Crippen LogP contribution in [0.4, 0.5) is 25.8 Å². The maximum absolute atomic E-state index is 15.3. The number of nitro groups is 1. The Labute approximate surface area is 297 Å². The van der Waals surface area contributed by atoms with E-state index in [1.165, 1.54) is 28.8 Å². The first-order valence-electron chi connectivity index (χ1n) is 16.3. The number of nitrogens with two attached hydrogens (primary N) is 1. The fraction of sp³-hybridized carbons (Fsp3) is 0.162. The molecule has 1 saturated heterocycles. The number of non-ortho nitro benzene ring substituents is 1. The highest BCUT2D eigenvalue weighted by Crippen LogP contribution is 2.47. The standard InChI is InChI=1S/C20H15FN4O6.C17H13FN2O2/c21-13-8-11-16-19(17(13)23-5-3-22-4-6-23)31-15-7-10(25(29)30)1-2-14(15)24(16)9-12(18(11)26)20(27)28;1-8-7-20-13-4-3-10(19)5-14(13)22-17-9(2)12(18)6-11(15(17)20)16(8)21/h1-2,7-9,22H,3-6H2,(H,27,28);3-7H,19H2,1-2H3. The topological polar surface area (TPSA) is 184 Å². The van der Waals surface area contributed by atoms with Crippen molar-refractivity contribution >= 4 is 44.8 Å². The van der Waals surface area contributed by atoms with Crippen LogP contribution >= 0.6 is 0 Å². The number of piperazine rings is 1. The Hall–Kier alpha value is -6.81. The Morgan fingerprint density at radius 3 is 2.17 bits per heavy atom. The number of aryl methyl sites for hydroxylation is 1. The van der Waals surface area contributed by atoms with Crippen LogP contribution in [0.15, 0.2) is 70.5 Å². The number of nitrogens with zero attached hydrogens (tertiary/aromatic N) is 4. The molecule has 16 heteroatoms. The molecule has 3 aliphatic rings. The van der Waals surface area contributed by atoms with Crippen molar-refractivity contribution in [2.75, 3.05) is 36.8 Å². The van der Waals surface area contributed by atoms with E-state index in [0.29, 0.717) is 71.1 Å². The van der Waals surface area contributed by atoms with E-state index in [0.717, 1.165) is 18.0 Å². The Balaban J connectivity index is 0.000000160. The van der Waals surface area contributed by atoms with E-state index in [4.69, 9.17) is 15.2 Å². The molecule has 4 N–H and O–H groups in total. The summed E-state index contributed by atoms with van der Waals surface area (Å²) in [4.78, 5) is 49.2. The summed E-state index contributed by atoms with van der Waals surface area (Å²) in [6.07, 6.45) is 2.90. The Morgan fingerprint density at radius 1 is 0.868 bits per heavy atom. The lowest BCUT2D eigenvalue weighted by Crippen LogP contribution is -2.44. The summed E-state index contributed by atoms with van der Waals surface area (Å²) in [5, 5.41) is 24.1. The number of benzene rings is 4. The van der Waals surface area contributed by atoms with Gasteiger partial charge >= 0.3 is 5.97 Å². The minimum Gasteiger partial charge on any atom is -0.477 e. The second-order valence-corrected chi connectivity index (χ2v) is 12.8. The van der Waals surface area contributed by atoms with Gasteiger partial charge in [-0.2, -0.15) is 0 Å². The van der Waals surface area contributed by atoms with Crippen LogP contribution in [0.1, 0.15) is 21.5 Å². The number of hydrogen-bond donors (Lipinski definition) is 3. The maximum Gasteiger partial charge on any atom is 0.341 e. The highest BCUT2D eigenvalue weighted by Gasteiger charge is 2.32. The number of fused-ring (bicyclic) bond motifs is 4. The van der Waals surface area contributed by atoms with Crippen LogP contribution < -0.4 is 36.3 Å². The highest BCUT2D eigenvalue weighted by atomic mass is 19.1. The molecule has 2 aromatic heterocycles. The second-order valence-electron chi connectivity index (χ2n) is 12.8. The summed E-state index contributed by atoms with van der Waals surface area (Å²) < 4.78 is 44.5. The highest BCUT2D eigenvalue weighted by molar-refractivity contribution is 5.99. The Kier molecular flexibility index (Phi) is 7.65. The van der Waals surface area contributed by atoms with Gasteiger partial charge in [0.1, 0.15) is 28.1 Å². The number of nitrogens with one attached hydrogen (secondary N) is 1. The summed E-state index contributed by atoms with van der Waals surface area (Å²) in [6, 6.07) is 11.4. The van der Waals surface area contributed by atoms with Gasteiger partial charge in [-0.25, -0.2) is 13.6 Å². The van der Waals surface area contributed by atoms with Crippen LogP contribution in [-0.2, 0) is 0 Å². The minimum atomic E-state index is -1.46. The number of halogens is 2. The van der Waals surface area contributed by atoms with E-state index < -0.39 is 33.5 Å². The number of rotatable bonds is 3. The first kappa shape index (κ1) is 33.3. The van der Waals surface area contributed by atoms with Gasteiger partial charge in [0.2, 0.25) is 5.43 Å².